The average molecular weight is 689 g/mol. The highest BCUT2D eigenvalue weighted by molar-refractivity contribution is 6.06. The van der Waals surface area contributed by atoms with Crippen molar-refractivity contribution < 1.29 is 40.8 Å². The second-order valence-corrected chi connectivity index (χ2v) is 11.4. The van der Waals surface area contributed by atoms with Gasteiger partial charge in [-0.1, -0.05) is 0 Å². The van der Waals surface area contributed by atoms with Crippen LogP contribution in [0, 0.1) is 0 Å². The Kier molecular flexibility index (Phi) is 9.52. The fourth-order valence-corrected chi connectivity index (χ4v) is 5.57. The van der Waals surface area contributed by atoms with Gasteiger partial charge in [0, 0.05) is 56.8 Å². The summed E-state index contributed by atoms with van der Waals surface area (Å²) in [4.78, 5) is 52.6. The molecule has 0 atom stereocenters. The molecule has 2 aliphatic rings. The number of pyridine rings is 2. The summed E-state index contributed by atoms with van der Waals surface area (Å²) in [7, 11) is 0. The molecule has 0 aromatic carbocycles. The number of piperidine rings is 1. The normalized spacial score (nSPS) is 16.2. The van der Waals surface area contributed by atoms with Crippen LogP contribution in [0.1, 0.15) is 53.5 Å². The summed E-state index contributed by atoms with van der Waals surface area (Å²) in [6.45, 7) is 0.611. The molecule has 4 aromatic heterocycles. The van der Waals surface area contributed by atoms with Crippen molar-refractivity contribution in [1.82, 2.24) is 34.9 Å². The second kappa shape index (κ2) is 14.0. The first-order valence-electron chi connectivity index (χ1n) is 15.1. The molecule has 2 fully saturated rings. The number of halogens is 5. The van der Waals surface area contributed by atoms with Gasteiger partial charge >= 0.3 is 12.2 Å². The van der Waals surface area contributed by atoms with E-state index in [1.54, 1.807) is 12.4 Å². The number of hydrogen-bond acceptors (Lipinski definition) is 10. The first-order chi connectivity index (χ1) is 23.4. The number of imide groups is 1. The Bertz CT molecular complexity index is 1840. The highest BCUT2D eigenvalue weighted by Gasteiger charge is 2.30. The van der Waals surface area contributed by atoms with Crippen LogP contribution >= 0.6 is 0 Å². The highest BCUT2D eigenvalue weighted by Crippen LogP contribution is 2.32. The molecule has 258 valence electrons. The third-order valence-corrected chi connectivity index (χ3v) is 7.99. The summed E-state index contributed by atoms with van der Waals surface area (Å²) in [6.07, 6.45) is 0.652. The van der Waals surface area contributed by atoms with Gasteiger partial charge in [0.25, 0.3) is 12.3 Å². The number of aromatic nitrogens is 5. The molecular formula is C30H29F5N10O4. The van der Waals surface area contributed by atoms with Crippen LogP contribution in [0.2, 0.25) is 0 Å². The van der Waals surface area contributed by atoms with Crippen molar-refractivity contribution in [3.05, 3.63) is 66.2 Å². The van der Waals surface area contributed by atoms with Gasteiger partial charge in [-0.25, -0.2) is 23.5 Å². The fourth-order valence-electron chi connectivity index (χ4n) is 5.57. The van der Waals surface area contributed by atoms with Gasteiger partial charge in [0.15, 0.2) is 11.4 Å². The number of nitrogens with zero attached hydrogens (tertiary/aromatic N) is 7. The predicted octanol–water partition coefficient (Wildman–Crippen LogP) is 4.78. The third-order valence-electron chi connectivity index (χ3n) is 7.99. The Morgan fingerprint density at radius 2 is 1.92 bits per heavy atom. The molecule has 49 heavy (non-hydrogen) atoms. The number of oxazole rings is 1. The third kappa shape index (κ3) is 7.99. The van der Waals surface area contributed by atoms with E-state index in [1.807, 2.05) is 6.07 Å². The summed E-state index contributed by atoms with van der Waals surface area (Å²) < 4.78 is 72.4. The SMILES string of the molecule is O=C1CCN(c2cnccc2CN2CCC(n3cc(NC(=O)c4coc(-c5ccnc(NCC(F)(F)F)c5)n4)c(C(F)F)n3)CC2)C(=O)N1. The van der Waals surface area contributed by atoms with Crippen molar-refractivity contribution in [3.63, 3.8) is 0 Å². The van der Waals surface area contributed by atoms with Crippen LogP contribution in [-0.4, -0.2) is 79.8 Å². The average Bonchev–Trinajstić information content (AvgIpc) is 3.73. The van der Waals surface area contributed by atoms with Crippen molar-refractivity contribution in [2.75, 3.05) is 41.7 Å². The zero-order valence-corrected chi connectivity index (χ0v) is 25.6. The first-order valence-corrected chi connectivity index (χ1v) is 15.1. The quantitative estimate of drug-likeness (QED) is 0.198. The second-order valence-electron chi connectivity index (χ2n) is 11.4. The molecule has 0 radical (unpaired) electrons. The molecule has 0 unspecified atom stereocenters. The number of amides is 4. The number of hydrogen-bond donors (Lipinski definition) is 3. The molecule has 0 bridgehead atoms. The Morgan fingerprint density at radius 1 is 1.12 bits per heavy atom. The van der Waals surface area contributed by atoms with Gasteiger partial charge in [-0.15, -0.1) is 0 Å². The minimum Gasteiger partial charge on any atom is -0.444 e. The smallest absolute Gasteiger partial charge is 0.405 e. The lowest BCUT2D eigenvalue weighted by Crippen LogP contribution is -2.50. The molecular weight excluding hydrogens is 659 g/mol. The molecule has 0 spiro atoms. The van der Waals surface area contributed by atoms with Gasteiger partial charge in [-0.2, -0.15) is 18.3 Å². The fraction of sp³-hybridized carbons (Fsp3) is 0.367. The van der Waals surface area contributed by atoms with Crippen LogP contribution in [0.25, 0.3) is 11.5 Å². The minimum absolute atomic E-state index is 0.0904. The molecule has 4 aromatic rings. The monoisotopic (exact) mass is 688 g/mol. The van der Waals surface area contributed by atoms with Gasteiger partial charge in [-0.05, 0) is 36.6 Å². The largest absolute Gasteiger partial charge is 0.444 e. The standard InChI is InChI=1S/C30H29F5N10O4/c31-26(32)25-20(39-27(47)21-15-49-28(40-21)17-2-7-37-23(11-17)38-16-30(33,34)35)14-45(42-25)19-3-8-43(9-4-19)13-18-1-6-36-12-22(18)44-10-5-24(46)41-29(44)48/h1-2,6-7,11-12,14-15,19,26H,3-5,8-10,13,16H2,(H,37,38)(H,39,47)(H,41,46,48). The van der Waals surface area contributed by atoms with Crippen molar-refractivity contribution in [1.29, 1.82) is 0 Å². The molecule has 4 amide bonds. The molecule has 0 aliphatic carbocycles. The molecule has 6 rings (SSSR count). The Morgan fingerprint density at radius 3 is 2.65 bits per heavy atom. The number of carbonyl (C=O) groups excluding carboxylic acids is 3. The Balaban J connectivity index is 1.08. The van der Waals surface area contributed by atoms with Crippen molar-refractivity contribution in [2.45, 2.75) is 44.5 Å². The maximum Gasteiger partial charge on any atom is 0.405 e. The van der Waals surface area contributed by atoms with Gasteiger partial charge in [0.2, 0.25) is 11.8 Å². The van der Waals surface area contributed by atoms with Crippen LogP contribution in [0.5, 0.6) is 0 Å². The van der Waals surface area contributed by atoms with Crippen LogP contribution in [0.3, 0.4) is 0 Å². The molecule has 3 N–H and O–H groups in total. The molecule has 0 saturated carbocycles. The number of rotatable bonds is 10. The van der Waals surface area contributed by atoms with Crippen LogP contribution < -0.4 is 20.9 Å². The maximum atomic E-state index is 14.0. The number of nitrogens with one attached hydrogen (secondary N) is 3. The summed E-state index contributed by atoms with van der Waals surface area (Å²) >= 11 is 0. The van der Waals surface area contributed by atoms with Crippen molar-refractivity contribution in [3.8, 4) is 11.5 Å². The van der Waals surface area contributed by atoms with Gasteiger partial charge in [-0.3, -0.25) is 34.4 Å². The molecule has 14 nitrogen and oxygen atoms in total. The van der Waals surface area contributed by atoms with Crippen molar-refractivity contribution >= 4 is 35.0 Å². The molecule has 19 heteroatoms. The number of likely N-dealkylation sites (tertiary alicyclic amines) is 1. The van der Waals surface area contributed by atoms with Crippen molar-refractivity contribution in [2.24, 2.45) is 0 Å². The molecule has 2 aliphatic heterocycles. The van der Waals surface area contributed by atoms with E-state index >= 15 is 0 Å². The van der Waals surface area contributed by atoms with E-state index in [4.69, 9.17) is 4.42 Å². The van der Waals surface area contributed by atoms with Crippen LogP contribution in [-0.2, 0) is 11.3 Å². The number of anilines is 3. The zero-order valence-electron chi connectivity index (χ0n) is 25.6. The van der Waals surface area contributed by atoms with Gasteiger partial charge < -0.3 is 15.1 Å². The zero-order chi connectivity index (χ0) is 34.7. The number of urea groups is 1. The predicted molar refractivity (Wildman–Crippen MR) is 163 cm³/mol. The maximum absolute atomic E-state index is 14.0. The van der Waals surface area contributed by atoms with E-state index in [1.165, 1.54) is 34.1 Å². The van der Waals surface area contributed by atoms with E-state index in [9.17, 15) is 36.3 Å². The summed E-state index contributed by atoms with van der Waals surface area (Å²) in [5, 5.41) is 11.0. The number of alkyl halides is 5. The first kappa shape index (κ1) is 33.4. The van der Waals surface area contributed by atoms with Crippen LogP contribution in [0.4, 0.5) is 43.9 Å². The lowest BCUT2D eigenvalue weighted by atomic mass is 10.0. The number of carbonyl (C=O) groups is 3. The lowest BCUT2D eigenvalue weighted by molar-refractivity contribution is -0.120. The molecule has 2 saturated heterocycles. The topological polar surface area (TPSA) is 163 Å². The summed E-state index contributed by atoms with van der Waals surface area (Å²) in [6, 6.07) is 3.75. The minimum atomic E-state index is -4.46. The van der Waals surface area contributed by atoms with E-state index in [2.05, 4.69) is 40.9 Å². The molecule has 6 heterocycles. The van der Waals surface area contributed by atoms with Gasteiger partial charge in [0.05, 0.1) is 23.6 Å². The summed E-state index contributed by atoms with van der Waals surface area (Å²) in [5.41, 5.74) is 0.622. The van der Waals surface area contributed by atoms with E-state index in [0.29, 0.717) is 38.2 Å². The van der Waals surface area contributed by atoms with E-state index in [0.717, 1.165) is 11.8 Å². The van der Waals surface area contributed by atoms with Gasteiger partial charge in [0.1, 0.15) is 18.6 Å². The van der Waals surface area contributed by atoms with E-state index < -0.39 is 36.8 Å². The Hall–Kier alpha value is -5.46. The highest BCUT2D eigenvalue weighted by atomic mass is 19.4. The summed E-state index contributed by atoms with van der Waals surface area (Å²) in [5.74, 6) is -1.37. The van der Waals surface area contributed by atoms with Crippen LogP contribution in [0.15, 0.2) is 53.7 Å². The van der Waals surface area contributed by atoms with E-state index in [-0.39, 0.29) is 53.6 Å². The lowest BCUT2D eigenvalue weighted by Gasteiger charge is -2.33. The Labute approximate surface area is 274 Å².